The molecule has 122 valence electrons. The van der Waals surface area contributed by atoms with Gasteiger partial charge in [0, 0.05) is 5.70 Å². The molecule has 0 saturated carbocycles. The number of carbonyl (C=O) groups is 1. The molecule has 0 aromatic carbocycles. The van der Waals surface area contributed by atoms with Crippen LogP contribution in [0.25, 0.3) is 0 Å². The van der Waals surface area contributed by atoms with E-state index in [0.717, 1.165) is 30.7 Å². The van der Waals surface area contributed by atoms with Crippen molar-refractivity contribution in [1.29, 1.82) is 0 Å². The number of rotatable bonds is 6. The lowest BCUT2D eigenvalue weighted by molar-refractivity contribution is -0.127. The standard InChI is InChI=1S/C15H19N5O2S/c16-14-17-15(19-18-14)23-10-13(21)20(9-12-7-4-8-22-12)11-5-2-1-3-6-11/h4-5,7-8H,1-3,6,9-10H2,(H3,16,17,18,19). The van der Waals surface area contributed by atoms with Gasteiger partial charge < -0.3 is 15.1 Å². The van der Waals surface area contributed by atoms with Crippen molar-refractivity contribution in [2.75, 3.05) is 11.5 Å². The number of nitrogens with zero attached hydrogens (tertiary/aromatic N) is 3. The highest BCUT2D eigenvalue weighted by Crippen LogP contribution is 2.24. The number of furan rings is 1. The van der Waals surface area contributed by atoms with E-state index in [-0.39, 0.29) is 17.6 Å². The summed E-state index contributed by atoms with van der Waals surface area (Å²) in [6.07, 6.45) is 8.00. The number of allylic oxidation sites excluding steroid dienone is 2. The van der Waals surface area contributed by atoms with E-state index in [1.54, 1.807) is 11.2 Å². The first kappa shape index (κ1) is 15.7. The van der Waals surface area contributed by atoms with Crippen LogP contribution in [0.1, 0.15) is 31.4 Å². The molecule has 0 unspecified atom stereocenters. The molecule has 7 nitrogen and oxygen atoms in total. The van der Waals surface area contributed by atoms with Crippen LogP contribution in [0.15, 0.2) is 39.7 Å². The van der Waals surface area contributed by atoms with E-state index in [2.05, 4.69) is 21.3 Å². The maximum absolute atomic E-state index is 12.7. The molecule has 2 aromatic heterocycles. The van der Waals surface area contributed by atoms with E-state index in [9.17, 15) is 4.79 Å². The molecular formula is C15H19N5O2S. The minimum Gasteiger partial charge on any atom is -0.467 e. The van der Waals surface area contributed by atoms with E-state index in [1.807, 2.05) is 12.1 Å². The lowest BCUT2D eigenvalue weighted by Gasteiger charge is -2.26. The third-order valence-corrected chi connectivity index (χ3v) is 4.45. The van der Waals surface area contributed by atoms with Crippen LogP contribution in [-0.2, 0) is 11.3 Å². The van der Waals surface area contributed by atoms with Gasteiger partial charge in [0.1, 0.15) is 5.76 Å². The predicted molar refractivity (Wildman–Crippen MR) is 87.3 cm³/mol. The fourth-order valence-corrected chi connectivity index (χ4v) is 3.18. The number of nitrogens with one attached hydrogen (secondary N) is 1. The zero-order valence-corrected chi connectivity index (χ0v) is 13.5. The summed E-state index contributed by atoms with van der Waals surface area (Å²) in [7, 11) is 0. The van der Waals surface area contributed by atoms with Crippen LogP contribution in [0.2, 0.25) is 0 Å². The molecule has 3 N–H and O–H groups in total. The number of nitrogen functional groups attached to an aromatic ring is 1. The van der Waals surface area contributed by atoms with Crippen molar-refractivity contribution in [2.45, 2.75) is 37.4 Å². The third kappa shape index (κ3) is 4.16. The smallest absolute Gasteiger partial charge is 0.237 e. The van der Waals surface area contributed by atoms with Gasteiger partial charge in [-0.3, -0.25) is 4.79 Å². The van der Waals surface area contributed by atoms with Gasteiger partial charge in [0.2, 0.25) is 17.0 Å². The zero-order chi connectivity index (χ0) is 16.1. The van der Waals surface area contributed by atoms with Gasteiger partial charge in [-0.05, 0) is 37.8 Å². The molecule has 0 saturated heterocycles. The first-order chi connectivity index (χ1) is 11.2. The maximum atomic E-state index is 12.7. The Balaban J connectivity index is 1.68. The number of hydrogen-bond acceptors (Lipinski definition) is 6. The van der Waals surface area contributed by atoms with Crippen LogP contribution in [0, 0.1) is 0 Å². The molecule has 23 heavy (non-hydrogen) atoms. The topological polar surface area (TPSA) is 101 Å². The van der Waals surface area contributed by atoms with Crippen LogP contribution in [0.5, 0.6) is 0 Å². The lowest BCUT2D eigenvalue weighted by atomic mass is 10.0. The molecule has 0 spiro atoms. The molecule has 0 aliphatic heterocycles. The van der Waals surface area contributed by atoms with Crippen molar-refractivity contribution >= 4 is 23.6 Å². The Morgan fingerprint density at radius 1 is 1.48 bits per heavy atom. The van der Waals surface area contributed by atoms with Crippen molar-refractivity contribution in [1.82, 2.24) is 20.1 Å². The van der Waals surface area contributed by atoms with Crippen LogP contribution >= 0.6 is 11.8 Å². The number of H-pyrrole nitrogens is 1. The second-order valence-corrected chi connectivity index (χ2v) is 6.23. The van der Waals surface area contributed by atoms with Crippen LogP contribution in [0.4, 0.5) is 5.95 Å². The largest absolute Gasteiger partial charge is 0.467 e. The molecular weight excluding hydrogens is 314 g/mol. The highest BCUT2D eigenvalue weighted by Gasteiger charge is 2.21. The second kappa shape index (κ2) is 7.36. The van der Waals surface area contributed by atoms with Crippen LogP contribution in [-0.4, -0.2) is 31.7 Å². The minimum absolute atomic E-state index is 0.0166. The van der Waals surface area contributed by atoms with E-state index >= 15 is 0 Å². The molecule has 0 bridgehead atoms. The maximum Gasteiger partial charge on any atom is 0.237 e. The predicted octanol–water partition coefficient (Wildman–Crippen LogP) is 2.56. The highest BCUT2D eigenvalue weighted by molar-refractivity contribution is 7.99. The molecule has 0 radical (unpaired) electrons. The average molecular weight is 333 g/mol. The monoisotopic (exact) mass is 333 g/mol. The molecule has 0 fully saturated rings. The molecule has 3 rings (SSSR count). The quantitative estimate of drug-likeness (QED) is 0.788. The lowest BCUT2D eigenvalue weighted by Crippen LogP contribution is -2.32. The summed E-state index contributed by atoms with van der Waals surface area (Å²) in [6.45, 7) is 0.453. The van der Waals surface area contributed by atoms with E-state index in [0.29, 0.717) is 11.7 Å². The average Bonchev–Trinajstić information content (AvgIpc) is 3.23. The van der Waals surface area contributed by atoms with Gasteiger partial charge in [-0.25, -0.2) is 5.10 Å². The van der Waals surface area contributed by atoms with E-state index < -0.39 is 0 Å². The summed E-state index contributed by atoms with van der Waals surface area (Å²) in [5, 5.41) is 6.98. The Morgan fingerprint density at radius 3 is 3.04 bits per heavy atom. The SMILES string of the molecule is Nc1nc(SCC(=O)N(Cc2ccco2)C2=CCCCC2)n[nH]1. The van der Waals surface area contributed by atoms with Crippen molar-refractivity contribution < 1.29 is 9.21 Å². The Kier molecular flexibility index (Phi) is 5.02. The van der Waals surface area contributed by atoms with Crippen LogP contribution in [0.3, 0.4) is 0 Å². The molecule has 1 amide bonds. The van der Waals surface area contributed by atoms with Gasteiger partial charge in [0.15, 0.2) is 0 Å². The number of carbonyl (C=O) groups excluding carboxylic acids is 1. The van der Waals surface area contributed by atoms with Gasteiger partial charge in [-0.1, -0.05) is 17.8 Å². The molecule has 8 heteroatoms. The summed E-state index contributed by atoms with van der Waals surface area (Å²) in [6, 6.07) is 3.71. The minimum atomic E-state index is 0.0166. The second-order valence-electron chi connectivity index (χ2n) is 5.29. The number of nitrogens with two attached hydrogens (primary N) is 1. The fourth-order valence-electron chi connectivity index (χ4n) is 2.50. The third-order valence-electron chi connectivity index (χ3n) is 3.62. The fraction of sp³-hybridized carbons (Fsp3) is 0.400. The zero-order valence-electron chi connectivity index (χ0n) is 12.7. The van der Waals surface area contributed by atoms with Crippen LogP contribution < -0.4 is 5.73 Å². The first-order valence-corrected chi connectivity index (χ1v) is 8.53. The molecule has 2 aromatic rings. The number of amides is 1. The van der Waals surface area contributed by atoms with Gasteiger partial charge in [0.25, 0.3) is 0 Å². The number of anilines is 1. The van der Waals surface area contributed by atoms with Crippen molar-refractivity contribution in [2.24, 2.45) is 0 Å². The highest BCUT2D eigenvalue weighted by atomic mass is 32.2. The summed E-state index contributed by atoms with van der Waals surface area (Å²) in [5.41, 5.74) is 6.57. The summed E-state index contributed by atoms with van der Waals surface area (Å²) < 4.78 is 5.40. The summed E-state index contributed by atoms with van der Waals surface area (Å²) in [5.74, 6) is 1.30. The molecule has 1 aliphatic rings. The molecule has 1 aliphatic carbocycles. The van der Waals surface area contributed by atoms with Crippen molar-refractivity contribution in [3.05, 3.63) is 35.9 Å². The van der Waals surface area contributed by atoms with Gasteiger partial charge in [-0.15, -0.1) is 5.10 Å². The van der Waals surface area contributed by atoms with Gasteiger partial charge in [-0.2, -0.15) is 4.98 Å². The molecule has 2 heterocycles. The Morgan fingerprint density at radius 2 is 2.39 bits per heavy atom. The van der Waals surface area contributed by atoms with E-state index in [1.165, 1.54) is 18.2 Å². The van der Waals surface area contributed by atoms with E-state index in [4.69, 9.17) is 10.2 Å². The first-order valence-electron chi connectivity index (χ1n) is 7.55. The Hall–Kier alpha value is -2.22. The Labute approximate surface area is 138 Å². The Bertz CT molecular complexity index is 680. The normalized spacial score (nSPS) is 14.5. The van der Waals surface area contributed by atoms with Gasteiger partial charge >= 0.3 is 0 Å². The number of thioether (sulfide) groups is 1. The number of hydrogen-bond donors (Lipinski definition) is 2. The number of aromatic amines is 1. The number of aromatic nitrogens is 3. The van der Waals surface area contributed by atoms with Gasteiger partial charge in [0.05, 0.1) is 18.6 Å². The molecule has 0 atom stereocenters. The summed E-state index contributed by atoms with van der Waals surface area (Å²) in [4.78, 5) is 18.5. The van der Waals surface area contributed by atoms with Crippen molar-refractivity contribution in [3.8, 4) is 0 Å². The van der Waals surface area contributed by atoms with Crippen molar-refractivity contribution in [3.63, 3.8) is 0 Å². The summed E-state index contributed by atoms with van der Waals surface area (Å²) >= 11 is 1.27.